The van der Waals surface area contributed by atoms with Crippen LogP contribution in [0.1, 0.15) is 31.2 Å². The highest BCUT2D eigenvalue weighted by molar-refractivity contribution is 7.92. The Bertz CT molecular complexity index is 1270. The highest BCUT2D eigenvalue weighted by atomic mass is 32.2. The van der Waals surface area contributed by atoms with Crippen LogP contribution in [-0.4, -0.2) is 64.8 Å². The standard InChI is InChI=1S/C25H30F3N3O5S/c1-31-12-11-24(16-7-8-20(35-2)21(13-16)36-3)10-9-18(15-22(24)31)30-23(32)29-17-5-4-6-19(14-17)37(33,34)25(26,27)28/h4-8,13-14,18,22H,9-12,15H2,1-3H3,(H2,29,30,32)/t18-,22+,24+/m1/s1. The van der Waals surface area contributed by atoms with Crippen LogP contribution in [0.2, 0.25) is 0 Å². The molecule has 3 atom stereocenters. The molecule has 202 valence electrons. The van der Waals surface area contributed by atoms with Crippen LogP contribution in [0.4, 0.5) is 23.7 Å². The number of urea groups is 1. The van der Waals surface area contributed by atoms with Gasteiger partial charge in [0.1, 0.15) is 0 Å². The van der Waals surface area contributed by atoms with E-state index in [2.05, 4.69) is 28.6 Å². The minimum atomic E-state index is -5.51. The minimum Gasteiger partial charge on any atom is -0.493 e. The van der Waals surface area contributed by atoms with Gasteiger partial charge in [-0.1, -0.05) is 12.1 Å². The summed E-state index contributed by atoms with van der Waals surface area (Å²) < 4.78 is 73.0. The lowest BCUT2D eigenvalue weighted by Crippen LogP contribution is -2.52. The molecular weight excluding hydrogens is 511 g/mol. The number of amides is 2. The molecule has 2 aromatic rings. The second kappa shape index (κ2) is 10.1. The predicted octanol–water partition coefficient (Wildman–Crippen LogP) is 4.31. The first-order valence-corrected chi connectivity index (χ1v) is 13.3. The van der Waals surface area contributed by atoms with Gasteiger partial charge >= 0.3 is 11.5 Å². The fraction of sp³-hybridized carbons (Fsp3) is 0.480. The number of nitrogens with one attached hydrogen (secondary N) is 2. The number of sulfone groups is 1. The zero-order valence-corrected chi connectivity index (χ0v) is 21.6. The summed E-state index contributed by atoms with van der Waals surface area (Å²) in [6, 6.07) is 9.51. The van der Waals surface area contributed by atoms with E-state index in [1.165, 1.54) is 6.07 Å². The summed E-state index contributed by atoms with van der Waals surface area (Å²) in [5.74, 6) is 1.32. The van der Waals surface area contributed by atoms with Gasteiger partial charge in [-0.3, -0.25) is 0 Å². The van der Waals surface area contributed by atoms with Gasteiger partial charge in [0.25, 0.3) is 9.84 Å². The monoisotopic (exact) mass is 541 g/mol. The van der Waals surface area contributed by atoms with Gasteiger partial charge < -0.3 is 25.0 Å². The number of halogens is 3. The Morgan fingerprint density at radius 3 is 2.49 bits per heavy atom. The number of nitrogens with zero attached hydrogens (tertiary/aromatic N) is 1. The van der Waals surface area contributed by atoms with Gasteiger partial charge in [-0.2, -0.15) is 13.2 Å². The Kier molecular flexibility index (Phi) is 7.35. The van der Waals surface area contributed by atoms with Crippen molar-refractivity contribution in [3.63, 3.8) is 0 Å². The highest BCUT2D eigenvalue weighted by Crippen LogP contribution is 2.49. The number of ether oxygens (including phenoxy) is 2. The van der Waals surface area contributed by atoms with Crippen LogP contribution in [0.25, 0.3) is 0 Å². The molecule has 0 spiro atoms. The van der Waals surface area contributed by atoms with E-state index < -0.39 is 26.3 Å². The quantitative estimate of drug-likeness (QED) is 0.566. The van der Waals surface area contributed by atoms with Crippen LogP contribution in [-0.2, 0) is 15.3 Å². The van der Waals surface area contributed by atoms with E-state index in [4.69, 9.17) is 9.47 Å². The van der Waals surface area contributed by atoms with Crippen LogP contribution >= 0.6 is 0 Å². The van der Waals surface area contributed by atoms with Gasteiger partial charge in [0.15, 0.2) is 11.5 Å². The van der Waals surface area contributed by atoms with E-state index in [1.807, 2.05) is 12.1 Å². The smallest absolute Gasteiger partial charge is 0.493 e. The van der Waals surface area contributed by atoms with E-state index in [0.29, 0.717) is 24.3 Å². The molecule has 4 rings (SSSR count). The molecule has 1 heterocycles. The zero-order valence-electron chi connectivity index (χ0n) is 20.8. The molecule has 2 N–H and O–H groups in total. The lowest BCUT2D eigenvalue weighted by Gasteiger charge is -2.45. The Labute approximate surface area is 214 Å². The average Bonchev–Trinajstić information content (AvgIpc) is 3.20. The number of hydrogen-bond donors (Lipinski definition) is 2. The average molecular weight is 542 g/mol. The maximum absolute atomic E-state index is 12.9. The number of anilines is 1. The minimum absolute atomic E-state index is 0.0451. The summed E-state index contributed by atoms with van der Waals surface area (Å²) in [4.78, 5) is 14.0. The van der Waals surface area contributed by atoms with Gasteiger partial charge in [-0.15, -0.1) is 0 Å². The topological polar surface area (TPSA) is 97.0 Å². The molecule has 1 aliphatic heterocycles. The van der Waals surface area contributed by atoms with Crippen molar-refractivity contribution in [2.24, 2.45) is 0 Å². The third kappa shape index (κ3) is 5.08. The second-order valence-corrected chi connectivity index (χ2v) is 11.5. The molecule has 2 aliphatic rings. The molecule has 37 heavy (non-hydrogen) atoms. The largest absolute Gasteiger partial charge is 0.501 e. The first-order chi connectivity index (χ1) is 17.4. The maximum Gasteiger partial charge on any atom is 0.501 e. The number of benzene rings is 2. The number of fused-ring (bicyclic) bond motifs is 1. The van der Waals surface area contributed by atoms with Gasteiger partial charge in [-0.05, 0) is 75.2 Å². The van der Waals surface area contributed by atoms with Crippen molar-refractivity contribution in [2.75, 3.05) is 33.1 Å². The van der Waals surface area contributed by atoms with E-state index >= 15 is 0 Å². The van der Waals surface area contributed by atoms with Crippen LogP contribution in [0.3, 0.4) is 0 Å². The van der Waals surface area contributed by atoms with Crippen molar-refractivity contribution in [3.8, 4) is 11.5 Å². The van der Waals surface area contributed by atoms with Gasteiger partial charge in [0.05, 0.1) is 19.1 Å². The van der Waals surface area contributed by atoms with E-state index in [-0.39, 0.29) is 23.2 Å². The summed E-state index contributed by atoms with van der Waals surface area (Å²) in [5, 5.41) is 5.37. The molecule has 2 fully saturated rings. The molecule has 0 radical (unpaired) electrons. The summed E-state index contributed by atoms with van der Waals surface area (Å²) in [5.41, 5.74) is -4.42. The third-order valence-electron chi connectivity index (χ3n) is 7.53. The highest BCUT2D eigenvalue weighted by Gasteiger charge is 2.51. The summed E-state index contributed by atoms with van der Waals surface area (Å²) in [6.45, 7) is 0.901. The zero-order chi connectivity index (χ0) is 27.0. The van der Waals surface area contributed by atoms with Crippen molar-refractivity contribution in [1.82, 2.24) is 10.2 Å². The number of alkyl halides is 3. The van der Waals surface area contributed by atoms with Gasteiger partial charge in [0.2, 0.25) is 0 Å². The lowest BCUT2D eigenvalue weighted by molar-refractivity contribution is -0.0436. The van der Waals surface area contributed by atoms with E-state index in [1.54, 1.807) is 14.2 Å². The molecule has 0 unspecified atom stereocenters. The van der Waals surface area contributed by atoms with E-state index in [9.17, 15) is 26.4 Å². The predicted molar refractivity (Wildman–Crippen MR) is 132 cm³/mol. The number of carbonyl (C=O) groups excluding carboxylic acids is 1. The van der Waals surface area contributed by atoms with Crippen molar-refractivity contribution in [1.29, 1.82) is 0 Å². The molecule has 8 nitrogen and oxygen atoms in total. The first kappa shape index (κ1) is 27.1. The SMILES string of the molecule is COc1ccc([C@@]23CC[C@@H](NC(=O)Nc4cccc(S(=O)(=O)C(F)(F)F)c4)C[C@@H]2N(C)CC3)cc1OC. The van der Waals surface area contributed by atoms with E-state index in [0.717, 1.165) is 43.1 Å². The van der Waals surface area contributed by atoms with Crippen molar-refractivity contribution < 1.29 is 35.9 Å². The van der Waals surface area contributed by atoms with Crippen LogP contribution in [0, 0.1) is 0 Å². The van der Waals surface area contributed by atoms with Crippen LogP contribution in [0.5, 0.6) is 11.5 Å². The second-order valence-electron chi connectivity index (χ2n) is 9.52. The summed E-state index contributed by atoms with van der Waals surface area (Å²) in [6.07, 6.45) is 3.17. The fourth-order valence-electron chi connectivity index (χ4n) is 5.62. The molecule has 2 amide bonds. The molecule has 2 aromatic carbocycles. The van der Waals surface area contributed by atoms with Gasteiger partial charge in [0, 0.05) is 23.2 Å². The van der Waals surface area contributed by atoms with Crippen molar-refractivity contribution in [3.05, 3.63) is 48.0 Å². The Morgan fingerprint density at radius 1 is 1.08 bits per heavy atom. The number of methoxy groups -OCH3 is 2. The Balaban J connectivity index is 1.46. The van der Waals surface area contributed by atoms with Crippen LogP contribution < -0.4 is 20.1 Å². The number of likely N-dealkylation sites (tertiary alicyclic amines) is 1. The molecule has 0 aromatic heterocycles. The molecule has 12 heteroatoms. The number of likely N-dealkylation sites (N-methyl/N-ethyl adjacent to an activating group) is 1. The summed E-state index contributed by atoms with van der Waals surface area (Å²) >= 11 is 0. The number of carbonyl (C=O) groups is 1. The number of rotatable bonds is 6. The fourth-order valence-corrected chi connectivity index (χ4v) is 6.43. The normalized spacial score (nSPS) is 24.3. The van der Waals surface area contributed by atoms with Crippen LogP contribution in [0.15, 0.2) is 47.4 Å². The lowest BCUT2D eigenvalue weighted by atomic mass is 9.65. The molecule has 1 saturated heterocycles. The summed E-state index contributed by atoms with van der Waals surface area (Å²) in [7, 11) is -0.262. The molecular formula is C25H30F3N3O5S. The molecule has 1 aliphatic carbocycles. The molecule has 0 bridgehead atoms. The Morgan fingerprint density at radius 2 is 1.81 bits per heavy atom. The maximum atomic E-state index is 12.9. The van der Waals surface area contributed by atoms with Crippen molar-refractivity contribution >= 4 is 21.6 Å². The van der Waals surface area contributed by atoms with Crippen molar-refractivity contribution in [2.45, 2.75) is 53.6 Å². The third-order valence-corrected chi connectivity index (χ3v) is 9.01. The Hall–Kier alpha value is -2.99. The van der Waals surface area contributed by atoms with Gasteiger partial charge in [-0.25, -0.2) is 13.2 Å². The first-order valence-electron chi connectivity index (χ1n) is 11.8. The number of hydrogen-bond acceptors (Lipinski definition) is 6. The molecule has 1 saturated carbocycles.